The Balaban J connectivity index is 1.24. The van der Waals surface area contributed by atoms with Gasteiger partial charge in [0.1, 0.15) is 28.7 Å². The van der Waals surface area contributed by atoms with E-state index in [0.717, 1.165) is 11.1 Å². The first-order valence-corrected chi connectivity index (χ1v) is 16.6. The molecule has 3 aromatic carbocycles. The minimum Gasteiger partial charge on any atom is -0.507 e. The number of allylic oxidation sites excluding steroid dienone is 6. The second kappa shape index (κ2) is 13.1. The molecule has 3 aromatic rings. The van der Waals surface area contributed by atoms with Crippen LogP contribution in [0.5, 0.6) is 28.7 Å². The van der Waals surface area contributed by atoms with Crippen molar-refractivity contribution in [2.45, 2.75) is 25.7 Å². The molecule has 2 amide bonds. The Morgan fingerprint density at radius 2 is 1.51 bits per heavy atom. The van der Waals surface area contributed by atoms with Gasteiger partial charge in [0.15, 0.2) is 11.6 Å². The van der Waals surface area contributed by atoms with Crippen molar-refractivity contribution >= 4 is 41.2 Å². The molecular formula is C41H37NO9. The molecule has 1 saturated heterocycles. The Morgan fingerprint density at radius 3 is 2.20 bits per heavy atom. The Bertz CT molecular complexity index is 2120. The summed E-state index contributed by atoms with van der Waals surface area (Å²) in [6.45, 7) is 1.59. The first-order valence-electron chi connectivity index (χ1n) is 16.6. The molecule has 0 bridgehead atoms. The van der Waals surface area contributed by atoms with Gasteiger partial charge in [-0.05, 0) is 67.7 Å². The molecule has 1 N–H and O–H groups in total. The topological polar surface area (TPSA) is 129 Å². The van der Waals surface area contributed by atoms with E-state index in [-0.39, 0.29) is 58.9 Å². The Hall–Kier alpha value is -5.90. The molecule has 51 heavy (non-hydrogen) atoms. The maximum absolute atomic E-state index is 14.4. The monoisotopic (exact) mass is 687 g/mol. The lowest BCUT2D eigenvalue weighted by Gasteiger charge is -2.42. The number of imide groups is 1. The van der Waals surface area contributed by atoms with Gasteiger partial charge in [-0.1, -0.05) is 35.9 Å². The van der Waals surface area contributed by atoms with Crippen LogP contribution in [0, 0.1) is 17.8 Å². The third-order valence-electron chi connectivity index (χ3n) is 10.4. The Labute approximate surface area is 295 Å². The molecule has 0 radical (unpaired) electrons. The molecule has 260 valence electrons. The third-order valence-corrected chi connectivity index (χ3v) is 10.4. The molecule has 10 nitrogen and oxygen atoms in total. The highest BCUT2D eigenvalue weighted by Gasteiger charge is 2.57. The van der Waals surface area contributed by atoms with Gasteiger partial charge in [-0.2, -0.15) is 0 Å². The molecule has 10 heteroatoms. The van der Waals surface area contributed by atoms with Crippen molar-refractivity contribution in [3.63, 3.8) is 0 Å². The zero-order valence-corrected chi connectivity index (χ0v) is 28.9. The first-order chi connectivity index (χ1) is 24.6. The van der Waals surface area contributed by atoms with E-state index in [1.54, 1.807) is 39.3 Å². The zero-order chi connectivity index (χ0) is 36.1. The van der Waals surface area contributed by atoms with E-state index in [2.05, 4.69) is 0 Å². The number of benzene rings is 3. The number of carbonyl (C=O) groups is 4. The lowest BCUT2D eigenvalue weighted by Crippen LogP contribution is -2.40. The van der Waals surface area contributed by atoms with Crippen LogP contribution in [0.4, 0.5) is 5.69 Å². The predicted octanol–water partition coefficient (Wildman–Crippen LogP) is 6.23. The molecule has 7 rings (SSSR count). The fraction of sp³-hybridized carbons (Fsp3) is 0.268. The number of aromatic hydroxyl groups is 1. The Kier molecular flexibility index (Phi) is 8.62. The van der Waals surface area contributed by atoms with Crippen molar-refractivity contribution in [2.75, 3.05) is 33.3 Å². The number of hydrogen-bond acceptors (Lipinski definition) is 9. The lowest BCUT2D eigenvalue weighted by molar-refractivity contribution is -0.123. The van der Waals surface area contributed by atoms with Crippen LogP contribution in [0.2, 0.25) is 0 Å². The van der Waals surface area contributed by atoms with Gasteiger partial charge >= 0.3 is 0 Å². The molecule has 0 unspecified atom stereocenters. The second-order valence-corrected chi connectivity index (χ2v) is 13.0. The largest absolute Gasteiger partial charge is 0.507 e. The molecule has 4 atom stereocenters. The van der Waals surface area contributed by atoms with Gasteiger partial charge in [-0.25, -0.2) is 0 Å². The van der Waals surface area contributed by atoms with Crippen LogP contribution in [0.3, 0.4) is 0 Å². The van der Waals surface area contributed by atoms with Crippen LogP contribution in [-0.2, 0) is 19.2 Å². The molecule has 3 aliphatic carbocycles. The molecule has 1 fully saturated rings. The number of anilines is 1. The quantitative estimate of drug-likeness (QED) is 0.127. The average molecular weight is 688 g/mol. The van der Waals surface area contributed by atoms with Crippen molar-refractivity contribution in [3.05, 3.63) is 106 Å². The van der Waals surface area contributed by atoms with Gasteiger partial charge in [0, 0.05) is 45.9 Å². The number of phenols is 1. The van der Waals surface area contributed by atoms with Crippen LogP contribution in [0.25, 0.3) is 12.2 Å². The molecule has 0 aromatic heterocycles. The number of ether oxygens (including phenoxy) is 4. The van der Waals surface area contributed by atoms with E-state index in [1.807, 2.05) is 48.6 Å². The van der Waals surface area contributed by atoms with Gasteiger partial charge in [0.25, 0.3) is 0 Å². The first kappa shape index (κ1) is 33.6. The van der Waals surface area contributed by atoms with Crippen molar-refractivity contribution < 1.29 is 43.2 Å². The SMILES string of the molecule is COc1ccc(OC)c(C=Cc2ccc(N3C(=O)[C@H]4[C@H](CC=C5[C@H](c6c(O)cc(OC)cc6OC)C6=C(C[C@H]54)C(=O)C=C(C)C6=O)C3=O)cc2)c1. The summed E-state index contributed by atoms with van der Waals surface area (Å²) in [7, 11) is 6.11. The smallest absolute Gasteiger partial charge is 0.238 e. The molecule has 1 aliphatic heterocycles. The molecule has 1 heterocycles. The number of fused-ring (bicyclic) bond motifs is 3. The molecule has 0 saturated carbocycles. The molecule has 0 spiro atoms. The predicted molar refractivity (Wildman–Crippen MR) is 190 cm³/mol. The summed E-state index contributed by atoms with van der Waals surface area (Å²) in [6, 6.07) is 15.7. The number of hydrogen-bond donors (Lipinski definition) is 1. The van der Waals surface area contributed by atoms with Crippen LogP contribution < -0.4 is 23.8 Å². The van der Waals surface area contributed by atoms with Gasteiger partial charge < -0.3 is 24.1 Å². The van der Waals surface area contributed by atoms with Gasteiger partial charge in [-0.3, -0.25) is 24.1 Å². The van der Waals surface area contributed by atoms with Crippen LogP contribution >= 0.6 is 0 Å². The van der Waals surface area contributed by atoms with Crippen molar-refractivity contribution in [1.29, 1.82) is 0 Å². The van der Waals surface area contributed by atoms with E-state index in [0.29, 0.717) is 39.6 Å². The summed E-state index contributed by atoms with van der Waals surface area (Å²) in [5.74, 6) is -2.31. The maximum atomic E-state index is 14.4. The fourth-order valence-corrected chi connectivity index (χ4v) is 8.00. The number of ketones is 2. The highest BCUT2D eigenvalue weighted by Crippen LogP contribution is 2.58. The van der Waals surface area contributed by atoms with Crippen LogP contribution in [0.15, 0.2) is 89.0 Å². The molecular weight excluding hydrogens is 650 g/mol. The van der Waals surface area contributed by atoms with Gasteiger partial charge in [0.05, 0.1) is 46.0 Å². The van der Waals surface area contributed by atoms with E-state index in [4.69, 9.17) is 18.9 Å². The zero-order valence-electron chi connectivity index (χ0n) is 28.9. The summed E-state index contributed by atoms with van der Waals surface area (Å²) >= 11 is 0. The summed E-state index contributed by atoms with van der Waals surface area (Å²) in [5.41, 5.74) is 3.98. The fourth-order valence-electron chi connectivity index (χ4n) is 8.00. The summed E-state index contributed by atoms with van der Waals surface area (Å²) in [6.07, 6.45) is 7.42. The summed E-state index contributed by atoms with van der Waals surface area (Å²) in [5, 5.41) is 11.4. The van der Waals surface area contributed by atoms with E-state index < -0.39 is 23.7 Å². The van der Waals surface area contributed by atoms with Gasteiger partial charge in [-0.15, -0.1) is 0 Å². The highest BCUT2D eigenvalue weighted by molar-refractivity contribution is 6.25. The lowest BCUT2D eigenvalue weighted by atomic mass is 9.59. The number of amides is 2. The van der Waals surface area contributed by atoms with Crippen molar-refractivity contribution in [1.82, 2.24) is 0 Å². The number of carbonyl (C=O) groups excluding carboxylic acids is 4. The van der Waals surface area contributed by atoms with E-state index in [1.165, 1.54) is 31.3 Å². The summed E-state index contributed by atoms with van der Waals surface area (Å²) in [4.78, 5) is 56.9. The normalized spacial score (nSPS) is 22.7. The minimum atomic E-state index is -0.869. The Morgan fingerprint density at radius 1 is 0.784 bits per heavy atom. The average Bonchev–Trinajstić information content (AvgIpc) is 3.40. The number of methoxy groups -OCH3 is 4. The third kappa shape index (κ3) is 5.51. The highest BCUT2D eigenvalue weighted by atomic mass is 16.5. The second-order valence-electron chi connectivity index (χ2n) is 13.0. The number of nitrogens with zero attached hydrogens (tertiary/aromatic N) is 1. The summed E-state index contributed by atoms with van der Waals surface area (Å²) < 4.78 is 21.9. The minimum absolute atomic E-state index is 0.122. The number of phenolic OH excluding ortho intramolecular Hbond substituents is 1. The molecule has 4 aliphatic rings. The van der Waals surface area contributed by atoms with Gasteiger partial charge in [0.2, 0.25) is 11.8 Å². The number of Topliss-reactive ketones (excluding diaryl/α,β-unsaturated/α-hetero) is 1. The van der Waals surface area contributed by atoms with Crippen molar-refractivity contribution in [2.24, 2.45) is 17.8 Å². The van der Waals surface area contributed by atoms with E-state index in [9.17, 15) is 24.3 Å². The van der Waals surface area contributed by atoms with E-state index >= 15 is 0 Å². The maximum Gasteiger partial charge on any atom is 0.238 e. The van der Waals surface area contributed by atoms with Crippen LogP contribution in [0.1, 0.15) is 42.4 Å². The van der Waals surface area contributed by atoms with Crippen LogP contribution in [-0.4, -0.2) is 56.9 Å². The standard InChI is InChI=1S/C41H37NO9/c1-21-16-31(43)30-20-29-27(36(37(30)39(21)45)38-32(44)18-26(49-3)19-34(38)51-5)13-14-28-35(29)41(47)42(40(28)46)24-10-7-22(8-11-24)6-9-23-17-25(48-2)12-15-33(23)50-4/h6-13,15-19,28-29,35-36,44H,14,20H2,1-5H3/t28-,29+,35-,36-/m0/s1. The van der Waals surface area contributed by atoms with Crippen molar-refractivity contribution in [3.8, 4) is 28.7 Å². The number of rotatable bonds is 8.